The standard InChI is InChI=1S/C20H20BrN3S/c1-3-22-20-24(23-13-15(2)16-9-5-4-6-10-16)19(14-25-20)17-11-7-8-12-18(17)21/h4-15H,3H2,1-2H3. The molecule has 25 heavy (non-hydrogen) atoms. The Hall–Kier alpha value is -1.98. The zero-order valence-corrected chi connectivity index (χ0v) is 16.7. The molecule has 0 aliphatic rings. The Kier molecular flexibility index (Phi) is 6.00. The van der Waals surface area contributed by atoms with Crippen LogP contribution in [-0.2, 0) is 0 Å². The summed E-state index contributed by atoms with van der Waals surface area (Å²) in [4.78, 5) is 5.49. The average Bonchev–Trinajstić information content (AvgIpc) is 3.03. The van der Waals surface area contributed by atoms with Gasteiger partial charge >= 0.3 is 0 Å². The van der Waals surface area contributed by atoms with Crippen molar-refractivity contribution < 1.29 is 0 Å². The molecule has 128 valence electrons. The van der Waals surface area contributed by atoms with Gasteiger partial charge in [-0.2, -0.15) is 5.10 Å². The highest BCUT2D eigenvalue weighted by Crippen LogP contribution is 2.28. The van der Waals surface area contributed by atoms with E-state index in [2.05, 4.69) is 63.6 Å². The SMILES string of the molecule is CCN=c1scc(-c2ccccc2Br)n1N=CC(C)c1ccccc1. The molecule has 0 aliphatic heterocycles. The fraction of sp³-hybridized carbons (Fsp3) is 0.200. The van der Waals surface area contributed by atoms with Crippen molar-refractivity contribution in [3.8, 4) is 11.3 Å². The molecule has 0 aliphatic carbocycles. The largest absolute Gasteiger partial charge is 0.258 e. The van der Waals surface area contributed by atoms with E-state index >= 15 is 0 Å². The number of hydrogen-bond donors (Lipinski definition) is 0. The van der Waals surface area contributed by atoms with Crippen molar-refractivity contribution in [1.82, 2.24) is 4.68 Å². The van der Waals surface area contributed by atoms with E-state index in [1.807, 2.05) is 42.1 Å². The maximum absolute atomic E-state index is 4.77. The van der Waals surface area contributed by atoms with Crippen LogP contribution in [0.2, 0.25) is 0 Å². The lowest BCUT2D eigenvalue weighted by molar-refractivity contribution is 0.822. The molecule has 0 saturated heterocycles. The summed E-state index contributed by atoms with van der Waals surface area (Å²) in [6.45, 7) is 4.93. The number of rotatable bonds is 5. The highest BCUT2D eigenvalue weighted by Gasteiger charge is 2.10. The summed E-state index contributed by atoms with van der Waals surface area (Å²) >= 11 is 5.25. The average molecular weight is 414 g/mol. The molecule has 5 heteroatoms. The highest BCUT2D eigenvalue weighted by molar-refractivity contribution is 9.10. The van der Waals surface area contributed by atoms with Crippen LogP contribution in [0.15, 0.2) is 74.5 Å². The lowest BCUT2D eigenvalue weighted by Crippen LogP contribution is -2.13. The van der Waals surface area contributed by atoms with Crippen LogP contribution < -0.4 is 4.80 Å². The molecular formula is C20H20BrN3S. The number of thiazole rings is 1. The van der Waals surface area contributed by atoms with E-state index in [9.17, 15) is 0 Å². The van der Waals surface area contributed by atoms with Crippen LogP contribution in [0.25, 0.3) is 11.3 Å². The second kappa shape index (κ2) is 8.41. The van der Waals surface area contributed by atoms with Gasteiger partial charge in [-0.1, -0.05) is 71.4 Å². The van der Waals surface area contributed by atoms with Crippen LogP contribution in [0.5, 0.6) is 0 Å². The third-order valence-corrected chi connectivity index (χ3v) is 5.41. The van der Waals surface area contributed by atoms with Gasteiger partial charge in [0.2, 0.25) is 4.80 Å². The molecule has 0 bridgehead atoms. The van der Waals surface area contributed by atoms with Gasteiger partial charge in [0.25, 0.3) is 0 Å². The zero-order chi connectivity index (χ0) is 17.6. The van der Waals surface area contributed by atoms with Crippen LogP contribution in [-0.4, -0.2) is 17.4 Å². The van der Waals surface area contributed by atoms with E-state index in [-0.39, 0.29) is 5.92 Å². The van der Waals surface area contributed by atoms with Crippen LogP contribution >= 0.6 is 27.3 Å². The van der Waals surface area contributed by atoms with Crippen molar-refractivity contribution in [2.75, 3.05) is 6.54 Å². The minimum Gasteiger partial charge on any atom is -0.258 e. The Labute approximate surface area is 160 Å². The molecule has 0 spiro atoms. The van der Waals surface area contributed by atoms with Gasteiger partial charge in [-0.3, -0.25) is 4.99 Å². The lowest BCUT2D eigenvalue weighted by atomic mass is 10.0. The van der Waals surface area contributed by atoms with Crippen molar-refractivity contribution >= 4 is 33.5 Å². The molecule has 0 saturated carbocycles. The monoisotopic (exact) mass is 413 g/mol. The van der Waals surface area contributed by atoms with Gasteiger partial charge in [0.1, 0.15) is 0 Å². The molecule has 1 atom stereocenters. The third kappa shape index (κ3) is 4.17. The van der Waals surface area contributed by atoms with E-state index in [1.165, 1.54) is 5.56 Å². The lowest BCUT2D eigenvalue weighted by Gasteiger charge is -2.08. The molecule has 3 aromatic rings. The highest BCUT2D eigenvalue weighted by atomic mass is 79.9. The summed E-state index contributed by atoms with van der Waals surface area (Å²) in [5, 5.41) is 6.88. The van der Waals surface area contributed by atoms with Crippen LogP contribution in [0.1, 0.15) is 25.3 Å². The fourth-order valence-electron chi connectivity index (χ4n) is 2.52. The Morgan fingerprint density at radius 2 is 1.84 bits per heavy atom. The Morgan fingerprint density at radius 1 is 1.12 bits per heavy atom. The Balaban J connectivity index is 2.03. The number of benzene rings is 2. The normalized spacial score (nSPS) is 13.5. The second-order valence-corrected chi connectivity index (χ2v) is 7.32. The molecule has 3 nitrogen and oxygen atoms in total. The summed E-state index contributed by atoms with van der Waals surface area (Å²) < 4.78 is 2.99. The van der Waals surface area contributed by atoms with Gasteiger partial charge in [-0.25, -0.2) is 4.68 Å². The van der Waals surface area contributed by atoms with Gasteiger partial charge in [-0.05, 0) is 18.6 Å². The number of aromatic nitrogens is 1. The van der Waals surface area contributed by atoms with Gasteiger partial charge in [-0.15, -0.1) is 11.3 Å². The molecule has 0 radical (unpaired) electrons. The molecule has 0 amide bonds. The zero-order valence-electron chi connectivity index (χ0n) is 14.3. The van der Waals surface area contributed by atoms with E-state index in [0.29, 0.717) is 0 Å². The Bertz CT molecular complexity index is 925. The van der Waals surface area contributed by atoms with Crippen molar-refractivity contribution in [3.05, 3.63) is 74.8 Å². The molecule has 3 rings (SSSR count). The first-order chi connectivity index (χ1) is 12.2. The molecule has 1 heterocycles. The van der Waals surface area contributed by atoms with E-state index in [1.54, 1.807) is 11.3 Å². The van der Waals surface area contributed by atoms with E-state index in [4.69, 9.17) is 5.10 Å². The fourth-order valence-corrected chi connectivity index (χ4v) is 3.90. The molecule has 1 unspecified atom stereocenters. The van der Waals surface area contributed by atoms with Crippen LogP contribution in [0.3, 0.4) is 0 Å². The molecule has 2 aromatic carbocycles. The van der Waals surface area contributed by atoms with Crippen molar-refractivity contribution in [3.63, 3.8) is 0 Å². The first-order valence-electron chi connectivity index (χ1n) is 8.26. The van der Waals surface area contributed by atoms with Crippen molar-refractivity contribution in [2.24, 2.45) is 10.1 Å². The quantitative estimate of drug-likeness (QED) is 0.491. The maximum atomic E-state index is 4.77. The maximum Gasteiger partial charge on any atom is 0.206 e. The van der Waals surface area contributed by atoms with Gasteiger partial charge in [0.15, 0.2) is 0 Å². The predicted octanol–water partition coefficient (Wildman–Crippen LogP) is 5.54. The van der Waals surface area contributed by atoms with E-state index < -0.39 is 0 Å². The topological polar surface area (TPSA) is 29.6 Å². The minimum atomic E-state index is 0.232. The number of halogens is 1. The van der Waals surface area contributed by atoms with Gasteiger partial charge in [0, 0.05) is 34.1 Å². The number of nitrogens with zero attached hydrogens (tertiary/aromatic N) is 3. The second-order valence-electron chi connectivity index (χ2n) is 5.63. The van der Waals surface area contributed by atoms with Crippen molar-refractivity contribution in [1.29, 1.82) is 0 Å². The molecule has 1 aromatic heterocycles. The van der Waals surface area contributed by atoms with Gasteiger partial charge in [0.05, 0.1) is 5.69 Å². The molecule has 0 fully saturated rings. The summed E-state index contributed by atoms with van der Waals surface area (Å²) in [6.07, 6.45) is 1.98. The predicted molar refractivity (Wildman–Crippen MR) is 110 cm³/mol. The molecular weight excluding hydrogens is 394 g/mol. The Morgan fingerprint density at radius 3 is 2.56 bits per heavy atom. The smallest absolute Gasteiger partial charge is 0.206 e. The first-order valence-corrected chi connectivity index (χ1v) is 9.93. The number of hydrogen-bond acceptors (Lipinski definition) is 3. The summed E-state index contributed by atoms with van der Waals surface area (Å²) in [5.41, 5.74) is 3.40. The first kappa shape index (κ1) is 17.8. The van der Waals surface area contributed by atoms with Crippen LogP contribution in [0, 0.1) is 0 Å². The van der Waals surface area contributed by atoms with Crippen LogP contribution in [0.4, 0.5) is 0 Å². The van der Waals surface area contributed by atoms with Crippen molar-refractivity contribution in [2.45, 2.75) is 19.8 Å². The minimum absolute atomic E-state index is 0.232. The summed E-state index contributed by atoms with van der Waals surface area (Å²) in [5.74, 6) is 0.232. The van der Waals surface area contributed by atoms with E-state index in [0.717, 1.165) is 27.1 Å². The third-order valence-electron chi connectivity index (χ3n) is 3.86. The molecule has 0 N–H and O–H groups in total. The van der Waals surface area contributed by atoms with Gasteiger partial charge < -0.3 is 0 Å². The summed E-state index contributed by atoms with van der Waals surface area (Å²) in [7, 11) is 0. The summed E-state index contributed by atoms with van der Waals surface area (Å²) in [6, 6.07) is 18.6.